The summed E-state index contributed by atoms with van der Waals surface area (Å²) >= 11 is 0. The molecule has 1 N–H and O–H groups in total. The lowest BCUT2D eigenvalue weighted by Gasteiger charge is -2.46. The Morgan fingerprint density at radius 3 is 1.73 bits per heavy atom. The molecule has 1 aliphatic heterocycles. The number of rotatable bonds is 7. The van der Waals surface area contributed by atoms with Crippen molar-refractivity contribution < 1.29 is 0 Å². The van der Waals surface area contributed by atoms with Crippen LogP contribution in [0.4, 0.5) is 22.7 Å². The van der Waals surface area contributed by atoms with Crippen molar-refractivity contribution in [1.82, 2.24) is 4.98 Å². The van der Waals surface area contributed by atoms with Crippen molar-refractivity contribution >= 4 is 33.7 Å². The fourth-order valence-corrected chi connectivity index (χ4v) is 10.5. The van der Waals surface area contributed by atoms with Crippen LogP contribution in [0.2, 0.25) is 0 Å². The number of anilines is 4. The third-order valence-electron chi connectivity index (χ3n) is 14.8. The lowest BCUT2D eigenvalue weighted by molar-refractivity contribution is 0.430. The van der Waals surface area contributed by atoms with Gasteiger partial charge in [0.25, 0.3) is 0 Å². The molecule has 3 heteroatoms. The van der Waals surface area contributed by atoms with Crippen molar-refractivity contribution in [2.24, 2.45) is 11.3 Å². The van der Waals surface area contributed by atoms with E-state index in [4.69, 9.17) is 0 Å². The Kier molecular flexibility index (Phi) is 11.3. The Morgan fingerprint density at radius 1 is 0.545 bits per heavy atom. The van der Waals surface area contributed by atoms with Gasteiger partial charge in [-0.1, -0.05) is 181 Å². The number of aromatic nitrogens is 1. The van der Waals surface area contributed by atoms with Crippen LogP contribution in [0.1, 0.15) is 126 Å². The third-order valence-corrected chi connectivity index (χ3v) is 14.8. The van der Waals surface area contributed by atoms with Crippen LogP contribution in [-0.4, -0.2) is 17.1 Å². The van der Waals surface area contributed by atoms with Gasteiger partial charge in [-0.2, -0.15) is 0 Å². The van der Waals surface area contributed by atoms with E-state index in [2.05, 4.69) is 251 Å². The largest absolute Gasteiger partial charge is 0.353 e. The van der Waals surface area contributed by atoms with E-state index in [9.17, 15) is 0 Å². The average molecular weight is 872 g/mol. The van der Waals surface area contributed by atoms with Crippen LogP contribution < -0.4 is 9.80 Å². The molecule has 7 aromatic rings. The molecule has 1 aromatic heterocycles. The molecule has 340 valence electrons. The number of hydrogen-bond acceptors (Lipinski definition) is 2. The molecule has 0 bridgehead atoms. The zero-order valence-electron chi connectivity index (χ0n) is 42.3. The second kappa shape index (κ2) is 16.5. The quantitative estimate of drug-likeness (QED) is 0.161. The lowest BCUT2D eigenvalue weighted by atomic mass is 9.73. The first-order chi connectivity index (χ1) is 31.1. The Morgan fingerprint density at radius 2 is 1.15 bits per heavy atom. The molecule has 1 unspecified atom stereocenters. The van der Waals surface area contributed by atoms with Crippen molar-refractivity contribution in [3.05, 3.63) is 167 Å². The molecular formula is C63H73N3. The van der Waals surface area contributed by atoms with E-state index in [0.717, 1.165) is 18.5 Å². The van der Waals surface area contributed by atoms with Crippen LogP contribution in [0, 0.1) is 11.3 Å². The van der Waals surface area contributed by atoms with Gasteiger partial charge >= 0.3 is 0 Å². The first kappa shape index (κ1) is 45.4. The van der Waals surface area contributed by atoms with Crippen LogP contribution in [-0.2, 0) is 22.7 Å². The van der Waals surface area contributed by atoms with Gasteiger partial charge in [-0.05, 0) is 140 Å². The molecule has 0 fully saturated rings. The summed E-state index contributed by atoms with van der Waals surface area (Å²) in [6.07, 6.45) is 4.56. The van der Waals surface area contributed by atoms with E-state index in [1.807, 2.05) is 0 Å². The number of fused-ring (bicyclic) bond motifs is 2. The molecular weight excluding hydrogens is 799 g/mol. The molecule has 0 saturated heterocycles. The van der Waals surface area contributed by atoms with Gasteiger partial charge in [0, 0.05) is 45.3 Å². The minimum Gasteiger partial charge on any atom is -0.353 e. The highest BCUT2D eigenvalue weighted by Gasteiger charge is 2.38. The van der Waals surface area contributed by atoms with E-state index in [0.29, 0.717) is 12.0 Å². The lowest BCUT2D eigenvalue weighted by Crippen LogP contribution is -2.42. The maximum Gasteiger partial charge on any atom is 0.0591 e. The molecule has 2 heterocycles. The normalized spacial score (nSPS) is 17.9. The fraction of sp³-hybridized carbons (Fsp3) is 0.365. The van der Waals surface area contributed by atoms with Crippen LogP contribution in [0.25, 0.3) is 44.4 Å². The molecule has 0 radical (unpaired) electrons. The molecule has 1 aliphatic carbocycles. The summed E-state index contributed by atoms with van der Waals surface area (Å²) in [7, 11) is 0. The maximum atomic E-state index is 4.08. The van der Waals surface area contributed by atoms with E-state index in [-0.39, 0.29) is 27.7 Å². The summed E-state index contributed by atoms with van der Waals surface area (Å²) in [6, 6.07) is 51.6. The molecule has 3 nitrogen and oxygen atoms in total. The number of benzene rings is 6. The Hall–Kier alpha value is -5.80. The van der Waals surface area contributed by atoms with Gasteiger partial charge < -0.3 is 14.8 Å². The van der Waals surface area contributed by atoms with Gasteiger partial charge in [0.1, 0.15) is 0 Å². The van der Waals surface area contributed by atoms with Gasteiger partial charge in [-0.25, -0.2) is 0 Å². The Bertz CT molecular complexity index is 2920. The summed E-state index contributed by atoms with van der Waals surface area (Å²) in [5.74, 6) is 0.522. The van der Waals surface area contributed by atoms with Crippen molar-refractivity contribution in [2.75, 3.05) is 9.80 Å². The summed E-state index contributed by atoms with van der Waals surface area (Å²) in [5.41, 5.74) is 20.4. The standard InChI is InChI=1S/C63H73N3/c1-40-33-44-25-28-50(39-56(44)65(41(40)2)49-29-26-46(27-30-49)60(3,4)5)66(55-32-31-54(55)63(12,13)14)51-35-45(34-47(36-51)61(6,7)8)52-37-48(62(9,10)11)38-53-57(42-21-17-15-18-22-42)58(64-59(52)53)43-23-19-16-20-24-43/h15-31,34-41,55,64H,32-33H2,1-14H3/t40-,41?,55+/m1/s1. The van der Waals surface area contributed by atoms with Gasteiger partial charge in [-0.3, -0.25) is 0 Å². The van der Waals surface area contributed by atoms with Crippen molar-refractivity contribution in [3.8, 4) is 33.5 Å². The second-order valence-corrected chi connectivity index (χ2v) is 23.8. The minimum absolute atomic E-state index is 0.0315. The molecule has 2 aliphatic rings. The summed E-state index contributed by atoms with van der Waals surface area (Å²) < 4.78 is 0. The summed E-state index contributed by atoms with van der Waals surface area (Å²) in [4.78, 5) is 9.41. The van der Waals surface area contributed by atoms with Gasteiger partial charge in [0.2, 0.25) is 0 Å². The third kappa shape index (κ3) is 8.44. The highest BCUT2D eigenvalue weighted by atomic mass is 15.2. The molecule has 0 spiro atoms. The van der Waals surface area contributed by atoms with Crippen LogP contribution in [0.15, 0.2) is 145 Å². The predicted octanol–water partition coefficient (Wildman–Crippen LogP) is 17.7. The number of nitrogens with zero attached hydrogens (tertiary/aromatic N) is 2. The Balaban J connectivity index is 1.29. The van der Waals surface area contributed by atoms with Crippen molar-refractivity contribution in [2.45, 2.75) is 138 Å². The molecule has 6 aromatic carbocycles. The summed E-state index contributed by atoms with van der Waals surface area (Å²) in [6.45, 7) is 33.0. The van der Waals surface area contributed by atoms with E-state index >= 15 is 0 Å². The molecule has 0 amide bonds. The highest BCUT2D eigenvalue weighted by molar-refractivity contribution is 6.09. The maximum absolute atomic E-state index is 4.08. The molecule has 3 atom stereocenters. The molecule has 0 saturated carbocycles. The monoisotopic (exact) mass is 872 g/mol. The Labute approximate surface area is 397 Å². The number of nitrogens with one attached hydrogen (secondary N) is 1. The van der Waals surface area contributed by atoms with Gasteiger partial charge in [0.15, 0.2) is 0 Å². The van der Waals surface area contributed by atoms with E-state index in [1.165, 1.54) is 89.3 Å². The van der Waals surface area contributed by atoms with Gasteiger partial charge in [0.05, 0.1) is 17.3 Å². The zero-order chi connectivity index (χ0) is 47.1. The minimum atomic E-state index is -0.100. The topological polar surface area (TPSA) is 22.3 Å². The molecule has 66 heavy (non-hydrogen) atoms. The second-order valence-electron chi connectivity index (χ2n) is 23.8. The predicted molar refractivity (Wildman–Crippen MR) is 286 cm³/mol. The number of H-pyrrole nitrogens is 1. The van der Waals surface area contributed by atoms with Crippen LogP contribution in [0.5, 0.6) is 0 Å². The van der Waals surface area contributed by atoms with Crippen molar-refractivity contribution in [1.29, 1.82) is 0 Å². The van der Waals surface area contributed by atoms with Crippen molar-refractivity contribution in [3.63, 3.8) is 0 Å². The SMILES string of the molecule is CC1[C@H](C)Cc2ccc(N(c3cc(-c4cc(C(C)(C)C)cc5c(-c6ccccc6)c(-c6ccccc6)[nH]c45)cc(C(C)(C)C)c3)[C@H]3CC=C3C(C)(C)C)cc2N1c1ccc(C(C)(C)C)cc1. The smallest absolute Gasteiger partial charge is 0.0591 e. The number of hydrogen-bond donors (Lipinski definition) is 1. The van der Waals surface area contributed by atoms with Gasteiger partial charge in [-0.15, -0.1) is 0 Å². The zero-order valence-corrected chi connectivity index (χ0v) is 42.3. The first-order valence-electron chi connectivity index (χ1n) is 24.6. The summed E-state index contributed by atoms with van der Waals surface area (Å²) in [5, 5.41) is 1.26. The van der Waals surface area contributed by atoms with Crippen LogP contribution >= 0.6 is 0 Å². The average Bonchev–Trinajstić information content (AvgIpc) is 3.64. The van der Waals surface area contributed by atoms with Crippen LogP contribution in [0.3, 0.4) is 0 Å². The van der Waals surface area contributed by atoms with E-state index in [1.54, 1.807) is 0 Å². The fourth-order valence-electron chi connectivity index (χ4n) is 10.5. The highest BCUT2D eigenvalue weighted by Crippen LogP contribution is 2.50. The molecule has 9 rings (SSSR count). The number of aromatic amines is 1. The first-order valence-corrected chi connectivity index (χ1v) is 24.6. The van der Waals surface area contributed by atoms with E-state index < -0.39 is 0 Å².